The lowest BCUT2D eigenvalue weighted by Crippen LogP contribution is -2.39. The molecular weight excluding hydrogens is 407 g/mol. The third kappa shape index (κ3) is 5.14. The quantitative estimate of drug-likeness (QED) is 0.646. The Labute approximate surface area is 186 Å². The Balaban J connectivity index is 1.47. The standard InChI is InChI=1S/C26H25FN2O3/c27-23-12-6-7-13-24(23)32-18-25(30)29-15-14-28-26(31)21(17-29)16-20-10-4-5-11-22(20)19-8-2-1-3-9-19/h1-13,21H,14-18H2,(H,28,31). The Morgan fingerprint density at radius 3 is 2.53 bits per heavy atom. The molecule has 1 heterocycles. The summed E-state index contributed by atoms with van der Waals surface area (Å²) in [5.41, 5.74) is 3.21. The van der Waals surface area contributed by atoms with Gasteiger partial charge >= 0.3 is 0 Å². The number of nitrogens with one attached hydrogen (secondary N) is 1. The van der Waals surface area contributed by atoms with Crippen LogP contribution in [0.2, 0.25) is 0 Å². The SMILES string of the molecule is O=C1NCCN(C(=O)COc2ccccc2F)CC1Cc1ccccc1-c1ccccc1. The predicted octanol–water partition coefficient (Wildman–Crippen LogP) is 3.69. The molecule has 1 unspecified atom stereocenters. The van der Waals surface area contributed by atoms with Gasteiger partial charge in [0.25, 0.3) is 5.91 Å². The average Bonchev–Trinajstić information content (AvgIpc) is 3.01. The van der Waals surface area contributed by atoms with Gasteiger partial charge in [-0.3, -0.25) is 9.59 Å². The highest BCUT2D eigenvalue weighted by atomic mass is 19.1. The Hall–Kier alpha value is -3.67. The van der Waals surface area contributed by atoms with Crippen LogP contribution in [0.15, 0.2) is 78.9 Å². The van der Waals surface area contributed by atoms with Crippen molar-refractivity contribution in [1.29, 1.82) is 0 Å². The lowest BCUT2D eigenvalue weighted by atomic mass is 9.91. The van der Waals surface area contributed by atoms with Gasteiger partial charge < -0.3 is 15.0 Å². The largest absolute Gasteiger partial charge is 0.481 e. The predicted molar refractivity (Wildman–Crippen MR) is 121 cm³/mol. The number of amides is 2. The number of carbonyl (C=O) groups excluding carboxylic acids is 2. The number of para-hydroxylation sites is 1. The highest BCUT2D eigenvalue weighted by Crippen LogP contribution is 2.26. The van der Waals surface area contributed by atoms with Gasteiger partial charge in [0.1, 0.15) is 0 Å². The second-order valence-corrected chi connectivity index (χ2v) is 7.77. The van der Waals surface area contributed by atoms with Crippen LogP contribution < -0.4 is 10.1 Å². The monoisotopic (exact) mass is 432 g/mol. The second-order valence-electron chi connectivity index (χ2n) is 7.77. The molecule has 1 atom stereocenters. The van der Waals surface area contributed by atoms with Gasteiger partial charge in [-0.25, -0.2) is 4.39 Å². The van der Waals surface area contributed by atoms with Crippen LogP contribution in [0, 0.1) is 11.7 Å². The first-order valence-electron chi connectivity index (χ1n) is 10.7. The third-order valence-electron chi connectivity index (χ3n) is 5.60. The summed E-state index contributed by atoms with van der Waals surface area (Å²) >= 11 is 0. The first-order valence-corrected chi connectivity index (χ1v) is 10.7. The summed E-state index contributed by atoms with van der Waals surface area (Å²) in [6.07, 6.45) is 0.509. The lowest BCUT2D eigenvalue weighted by molar-refractivity contribution is -0.134. The molecule has 1 fully saturated rings. The molecule has 0 aromatic heterocycles. The molecule has 0 spiro atoms. The zero-order valence-corrected chi connectivity index (χ0v) is 17.7. The van der Waals surface area contributed by atoms with Gasteiger partial charge in [-0.1, -0.05) is 66.7 Å². The van der Waals surface area contributed by atoms with Crippen molar-refractivity contribution in [3.8, 4) is 16.9 Å². The topological polar surface area (TPSA) is 58.6 Å². The summed E-state index contributed by atoms with van der Waals surface area (Å²) < 4.78 is 19.2. The van der Waals surface area contributed by atoms with E-state index in [9.17, 15) is 14.0 Å². The van der Waals surface area contributed by atoms with E-state index in [1.54, 1.807) is 17.0 Å². The van der Waals surface area contributed by atoms with E-state index in [2.05, 4.69) is 5.32 Å². The fraction of sp³-hybridized carbons (Fsp3) is 0.231. The van der Waals surface area contributed by atoms with E-state index in [0.717, 1.165) is 16.7 Å². The molecule has 1 saturated heterocycles. The maximum atomic E-state index is 13.8. The van der Waals surface area contributed by atoms with Crippen LogP contribution in [0.25, 0.3) is 11.1 Å². The minimum atomic E-state index is -0.511. The molecule has 3 aromatic rings. The minimum absolute atomic E-state index is 0.0400. The summed E-state index contributed by atoms with van der Waals surface area (Å²) in [6, 6.07) is 24.0. The van der Waals surface area contributed by atoms with E-state index in [1.165, 1.54) is 12.1 Å². The van der Waals surface area contributed by atoms with Crippen LogP contribution >= 0.6 is 0 Å². The molecule has 5 nitrogen and oxygen atoms in total. The van der Waals surface area contributed by atoms with Gasteiger partial charge in [0.2, 0.25) is 5.91 Å². The highest BCUT2D eigenvalue weighted by Gasteiger charge is 2.28. The van der Waals surface area contributed by atoms with E-state index in [4.69, 9.17) is 4.74 Å². The molecule has 6 heteroatoms. The molecular formula is C26H25FN2O3. The Morgan fingerprint density at radius 2 is 1.72 bits per heavy atom. The van der Waals surface area contributed by atoms with Gasteiger partial charge in [-0.05, 0) is 35.2 Å². The Morgan fingerprint density at radius 1 is 1.00 bits per heavy atom. The molecule has 0 saturated carbocycles. The maximum absolute atomic E-state index is 13.8. The van der Waals surface area contributed by atoms with Gasteiger partial charge in [-0.2, -0.15) is 0 Å². The van der Waals surface area contributed by atoms with Crippen molar-refractivity contribution in [3.05, 3.63) is 90.2 Å². The molecule has 2 amide bonds. The normalized spacial score (nSPS) is 16.2. The van der Waals surface area contributed by atoms with E-state index in [-0.39, 0.29) is 36.6 Å². The van der Waals surface area contributed by atoms with E-state index >= 15 is 0 Å². The van der Waals surface area contributed by atoms with Crippen molar-refractivity contribution in [1.82, 2.24) is 10.2 Å². The van der Waals surface area contributed by atoms with E-state index in [1.807, 2.05) is 54.6 Å². The zero-order chi connectivity index (χ0) is 22.3. The number of carbonyl (C=O) groups is 2. The first kappa shape index (κ1) is 21.6. The van der Waals surface area contributed by atoms with Crippen molar-refractivity contribution in [3.63, 3.8) is 0 Å². The Bertz CT molecular complexity index is 1090. The fourth-order valence-electron chi connectivity index (χ4n) is 3.94. The molecule has 0 bridgehead atoms. The van der Waals surface area contributed by atoms with Crippen LogP contribution in [0.5, 0.6) is 5.75 Å². The summed E-state index contributed by atoms with van der Waals surface area (Å²) in [7, 11) is 0. The second kappa shape index (κ2) is 10.1. The van der Waals surface area contributed by atoms with Gasteiger partial charge in [0.05, 0.1) is 5.92 Å². The highest BCUT2D eigenvalue weighted by molar-refractivity contribution is 5.83. The van der Waals surface area contributed by atoms with Crippen molar-refractivity contribution >= 4 is 11.8 Å². The average molecular weight is 432 g/mol. The summed E-state index contributed by atoms with van der Waals surface area (Å²) in [5, 5.41) is 2.91. The van der Waals surface area contributed by atoms with E-state index in [0.29, 0.717) is 19.5 Å². The third-order valence-corrected chi connectivity index (χ3v) is 5.60. The van der Waals surface area contributed by atoms with Crippen molar-refractivity contribution in [2.24, 2.45) is 5.92 Å². The molecule has 0 aliphatic carbocycles. The minimum Gasteiger partial charge on any atom is -0.481 e. The van der Waals surface area contributed by atoms with Crippen molar-refractivity contribution in [2.45, 2.75) is 6.42 Å². The van der Waals surface area contributed by atoms with Gasteiger partial charge in [0.15, 0.2) is 18.2 Å². The molecule has 1 aliphatic rings. The van der Waals surface area contributed by atoms with Crippen LogP contribution in [0.3, 0.4) is 0 Å². The number of rotatable bonds is 6. The smallest absolute Gasteiger partial charge is 0.260 e. The van der Waals surface area contributed by atoms with Crippen LogP contribution in [0.1, 0.15) is 5.56 Å². The van der Waals surface area contributed by atoms with Crippen molar-refractivity contribution in [2.75, 3.05) is 26.2 Å². The number of hydrogen-bond donors (Lipinski definition) is 1. The molecule has 4 rings (SSSR count). The first-order chi connectivity index (χ1) is 15.6. The number of hydrogen-bond acceptors (Lipinski definition) is 3. The molecule has 164 valence electrons. The van der Waals surface area contributed by atoms with Crippen LogP contribution in [-0.2, 0) is 16.0 Å². The number of ether oxygens (including phenoxy) is 1. The molecule has 1 N–H and O–H groups in total. The van der Waals surface area contributed by atoms with E-state index < -0.39 is 5.82 Å². The van der Waals surface area contributed by atoms with Gasteiger partial charge in [-0.15, -0.1) is 0 Å². The summed E-state index contributed by atoms with van der Waals surface area (Å²) in [4.78, 5) is 27.1. The number of halogens is 1. The number of nitrogens with zero attached hydrogens (tertiary/aromatic N) is 1. The number of benzene rings is 3. The summed E-state index contributed by atoms with van der Waals surface area (Å²) in [5.74, 6) is -1.20. The van der Waals surface area contributed by atoms with Crippen LogP contribution in [-0.4, -0.2) is 43.0 Å². The molecule has 0 radical (unpaired) electrons. The maximum Gasteiger partial charge on any atom is 0.260 e. The molecule has 3 aromatic carbocycles. The van der Waals surface area contributed by atoms with Crippen molar-refractivity contribution < 1.29 is 18.7 Å². The Kier molecular flexibility index (Phi) is 6.80. The van der Waals surface area contributed by atoms with Crippen LogP contribution in [0.4, 0.5) is 4.39 Å². The van der Waals surface area contributed by atoms with Gasteiger partial charge in [0, 0.05) is 19.6 Å². The summed E-state index contributed by atoms with van der Waals surface area (Å²) in [6.45, 7) is 0.778. The fourth-order valence-corrected chi connectivity index (χ4v) is 3.94. The zero-order valence-electron chi connectivity index (χ0n) is 17.7. The molecule has 1 aliphatic heterocycles. The molecule has 32 heavy (non-hydrogen) atoms. The lowest BCUT2D eigenvalue weighted by Gasteiger charge is -2.24.